The van der Waals surface area contributed by atoms with Crippen molar-refractivity contribution in [1.29, 1.82) is 0 Å². The van der Waals surface area contributed by atoms with Crippen molar-refractivity contribution in [2.75, 3.05) is 18.1 Å². The van der Waals surface area contributed by atoms with Crippen LogP contribution in [-0.2, 0) is 4.74 Å². The Hall–Kier alpha value is -1.82. The molecule has 0 fully saturated rings. The fraction of sp³-hybridized carbons (Fsp3) is 0.308. The topological polar surface area (TPSA) is 72.0 Å². The number of rotatable bonds is 5. The van der Waals surface area contributed by atoms with Gasteiger partial charge in [-0.3, -0.25) is 4.79 Å². The van der Waals surface area contributed by atoms with E-state index in [1.165, 1.54) is 0 Å². The Bertz CT molecular complexity index is 639. The first-order valence-electron chi connectivity index (χ1n) is 5.96. The Labute approximate surface area is 114 Å². The minimum Gasteiger partial charge on any atom is -0.460 e. The lowest BCUT2D eigenvalue weighted by Gasteiger charge is -2.05. The molecule has 0 radical (unpaired) electrons. The molecule has 0 aliphatic heterocycles. The van der Waals surface area contributed by atoms with E-state index >= 15 is 0 Å². The van der Waals surface area contributed by atoms with E-state index in [0.717, 1.165) is 11.5 Å². The Morgan fingerprint density at radius 3 is 2.84 bits per heavy atom. The molecule has 2 rings (SSSR count). The van der Waals surface area contributed by atoms with Gasteiger partial charge >= 0.3 is 5.97 Å². The van der Waals surface area contributed by atoms with Crippen LogP contribution in [0, 0.1) is 0 Å². The zero-order chi connectivity index (χ0) is 13.7. The number of aromatic amines is 1. The van der Waals surface area contributed by atoms with Gasteiger partial charge in [-0.05, 0) is 11.8 Å². The third-order valence-corrected chi connectivity index (χ3v) is 3.42. The number of nitrogens with one attached hydrogen (secondary N) is 1. The second-order valence-electron chi connectivity index (χ2n) is 3.78. The first-order chi connectivity index (χ1) is 9.24. The average molecular weight is 278 g/mol. The molecule has 0 saturated carbocycles. The highest BCUT2D eigenvalue weighted by Gasteiger charge is 2.14. The summed E-state index contributed by atoms with van der Waals surface area (Å²) in [6.07, 6.45) is 0. The van der Waals surface area contributed by atoms with Crippen molar-refractivity contribution in [1.82, 2.24) is 10.2 Å². The Morgan fingerprint density at radius 1 is 1.37 bits per heavy atom. The summed E-state index contributed by atoms with van der Waals surface area (Å²) >= 11 is 1.70. The van der Waals surface area contributed by atoms with Gasteiger partial charge in [-0.25, -0.2) is 9.89 Å². The van der Waals surface area contributed by atoms with Crippen molar-refractivity contribution in [2.24, 2.45) is 0 Å². The van der Waals surface area contributed by atoms with Gasteiger partial charge in [-0.15, -0.1) is 0 Å². The van der Waals surface area contributed by atoms with Crippen LogP contribution in [0.2, 0.25) is 0 Å². The fourth-order valence-electron chi connectivity index (χ4n) is 1.68. The van der Waals surface area contributed by atoms with Crippen molar-refractivity contribution >= 4 is 28.5 Å². The summed E-state index contributed by atoms with van der Waals surface area (Å²) in [5, 5.41) is 7.05. The van der Waals surface area contributed by atoms with Crippen LogP contribution in [0.4, 0.5) is 0 Å². The minimum atomic E-state index is -0.510. The van der Waals surface area contributed by atoms with E-state index in [1.54, 1.807) is 36.0 Å². The lowest BCUT2D eigenvalue weighted by atomic mass is 10.1. The highest BCUT2D eigenvalue weighted by Crippen LogP contribution is 2.13. The first kappa shape index (κ1) is 13.6. The quantitative estimate of drug-likeness (QED) is 0.667. The number of ether oxygens (including phenoxy) is 1. The molecule has 1 heterocycles. The third-order valence-electron chi connectivity index (χ3n) is 2.55. The molecular formula is C13H14N2O3S. The summed E-state index contributed by atoms with van der Waals surface area (Å²) in [6, 6.07) is 6.84. The van der Waals surface area contributed by atoms with E-state index in [2.05, 4.69) is 10.2 Å². The highest BCUT2D eigenvalue weighted by molar-refractivity contribution is 7.99. The average Bonchev–Trinajstić information content (AvgIpc) is 2.44. The van der Waals surface area contributed by atoms with Crippen LogP contribution in [-0.4, -0.2) is 34.3 Å². The van der Waals surface area contributed by atoms with Crippen molar-refractivity contribution in [3.8, 4) is 0 Å². The molecule has 19 heavy (non-hydrogen) atoms. The Balaban J connectivity index is 2.23. The zero-order valence-electron chi connectivity index (χ0n) is 10.5. The second kappa shape index (κ2) is 6.38. The molecule has 100 valence electrons. The largest absolute Gasteiger partial charge is 0.460 e. The highest BCUT2D eigenvalue weighted by atomic mass is 32.2. The molecule has 0 aliphatic rings. The number of fused-ring (bicyclic) bond motifs is 1. The van der Waals surface area contributed by atoms with Gasteiger partial charge in [0, 0.05) is 11.1 Å². The van der Waals surface area contributed by atoms with E-state index in [9.17, 15) is 9.59 Å². The molecule has 2 aromatic rings. The van der Waals surface area contributed by atoms with Crippen LogP contribution in [0.5, 0.6) is 0 Å². The van der Waals surface area contributed by atoms with E-state index in [-0.39, 0.29) is 11.3 Å². The number of hydrogen-bond donors (Lipinski definition) is 1. The summed E-state index contributed by atoms with van der Waals surface area (Å²) in [5.74, 6) is 1.23. The molecule has 1 aromatic heterocycles. The van der Waals surface area contributed by atoms with Crippen LogP contribution >= 0.6 is 11.8 Å². The monoisotopic (exact) mass is 278 g/mol. The predicted molar refractivity (Wildman–Crippen MR) is 75.6 cm³/mol. The van der Waals surface area contributed by atoms with E-state index in [4.69, 9.17) is 4.74 Å². The third kappa shape index (κ3) is 3.14. The fourth-order valence-corrected chi connectivity index (χ4v) is 2.17. The molecule has 5 nitrogen and oxygen atoms in total. The van der Waals surface area contributed by atoms with E-state index in [0.29, 0.717) is 17.4 Å². The number of carbonyl (C=O) groups excluding carboxylic acids is 1. The number of nitrogens with zero attached hydrogens (tertiary/aromatic N) is 1. The smallest absolute Gasteiger partial charge is 0.359 e. The molecule has 0 amide bonds. The number of hydrogen-bond acceptors (Lipinski definition) is 5. The predicted octanol–water partition coefficient (Wildman–Crippen LogP) is 1.83. The van der Waals surface area contributed by atoms with Gasteiger partial charge < -0.3 is 4.74 Å². The number of benzene rings is 1. The first-order valence-corrected chi connectivity index (χ1v) is 7.11. The van der Waals surface area contributed by atoms with Gasteiger partial charge in [0.1, 0.15) is 6.61 Å². The SMILES string of the molecule is CCSCCOC(=O)c1n[nH]c(=O)c2ccccc12. The lowest BCUT2D eigenvalue weighted by molar-refractivity contribution is 0.0524. The second-order valence-corrected chi connectivity index (χ2v) is 5.17. The molecule has 0 saturated heterocycles. The van der Waals surface area contributed by atoms with E-state index in [1.807, 2.05) is 6.92 Å². The Morgan fingerprint density at radius 2 is 2.11 bits per heavy atom. The molecule has 0 aliphatic carbocycles. The maximum absolute atomic E-state index is 11.9. The Kier molecular flexibility index (Phi) is 4.57. The molecule has 0 unspecified atom stereocenters. The molecular weight excluding hydrogens is 264 g/mol. The zero-order valence-corrected chi connectivity index (χ0v) is 11.3. The van der Waals surface area contributed by atoms with Gasteiger partial charge in [-0.1, -0.05) is 25.1 Å². The normalized spacial score (nSPS) is 10.6. The van der Waals surface area contributed by atoms with Crippen LogP contribution in [0.15, 0.2) is 29.1 Å². The van der Waals surface area contributed by atoms with Gasteiger partial charge in [0.25, 0.3) is 5.56 Å². The van der Waals surface area contributed by atoms with Crippen LogP contribution < -0.4 is 5.56 Å². The maximum atomic E-state index is 11.9. The molecule has 0 atom stereocenters. The summed E-state index contributed by atoms with van der Waals surface area (Å²) in [5.41, 5.74) is -0.162. The number of carbonyl (C=O) groups is 1. The molecule has 0 bridgehead atoms. The van der Waals surface area contributed by atoms with Crippen molar-refractivity contribution < 1.29 is 9.53 Å². The standard InChI is InChI=1S/C13H14N2O3S/c1-2-19-8-7-18-13(17)11-9-5-3-4-6-10(9)12(16)15-14-11/h3-6H,2,7-8H2,1H3,(H,15,16). The van der Waals surface area contributed by atoms with Gasteiger partial charge in [0.2, 0.25) is 0 Å². The molecule has 1 aromatic carbocycles. The van der Waals surface area contributed by atoms with E-state index < -0.39 is 5.97 Å². The van der Waals surface area contributed by atoms with Crippen LogP contribution in [0.1, 0.15) is 17.4 Å². The molecule has 1 N–H and O–H groups in total. The number of H-pyrrole nitrogens is 1. The van der Waals surface area contributed by atoms with Gasteiger partial charge in [-0.2, -0.15) is 16.9 Å². The molecule has 0 spiro atoms. The maximum Gasteiger partial charge on any atom is 0.359 e. The number of esters is 1. The summed E-state index contributed by atoms with van der Waals surface area (Å²) in [7, 11) is 0. The lowest BCUT2D eigenvalue weighted by Crippen LogP contribution is -2.16. The van der Waals surface area contributed by atoms with Gasteiger partial charge in [0.05, 0.1) is 5.39 Å². The van der Waals surface area contributed by atoms with Crippen molar-refractivity contribution in [3.63, 3.8) is 0 Å². The molecule has 6 heteroatoms. The van der Waals surface area contributed by atoms with Crippen LogP contribution in [0.25, 0.3) is 10.8 Å². The van der Waals surface area contributed by atoms with Crippen molar-refractivity contribution in [3.05, 3.63) is 40.3 Å². The minimum absolute atomic E-state index is 0.150. The summed E-state index contributed by atoms with van der Waals surface area (Å²) in [4.78, 5) is 23.5. The summed E-state index contributed by atoms with van der Waals surface area (Å²) in [6.45, 7) is 2.38. The van der Waals surface area contributed by atoms with Crippen molar-refractivity contribution in [2.45, 2.75) is 6.92 Å². The number of aromatic nitrogens is 2. The van der Waals surface area contributed by atoms with Gasteiger partial charge in [0.15, 0.2) is 5.69 Å². The van der Waals surface area contributed by atoms with Crippen LogP contribution in [0.3, 0.4) is 0 Å². The summed E-state index contributed by atoms with van der Waals surface area (Å²) < 4.78 is 5.13. The number of thioether (sulfide) groups is 1.